The Morgan fingerprint density at radius 2 is 1.69 bits per heavy atom. The van der Waals surface area contributed by atoms with Crippen LogP contribution in [0.1, 0.15) is 40.5 Å². The highest BCUT2D eigenvalue weighted by atomic mass is 15.1. The summed E-state index contributed by atoms with van der Waals surface area (Å²) in [4.78, 5) is 2.44. The van der Waals surface area contributed by atoms with Gasteiger partial charge in [0.25, 0.3) is 0 Å². The molecule has 2 nitrogen and oxygen atoms in total. The number of piperidine rings is 1. The largest absolute Gasteiger partial charge is 0.301 e. The number of hydrogen-bond donors (Lipinski definition) is 0. The maximum atomic E-state index is 8.65. The fraction of sp³-hybridized carbons (Fsp3) is 0.909. The topological polar surface area (TPSA) is 27.0 Å². The molecule has 1 saturated heterocycles. The molecule has 13 heavy (non-hydrogen) atoms. The van der Waals surface area contributed by atoms with E-state index < -0.39 is 0 Å². The van der Waals surface area contributed by atoms with E-state index in [0.717, 1.165) is 25.9 Å². The van der Waals surface area contributed by atoms with Crippen LogP contribution in [0, 0.1) is 17.2 Å². The van der Waals surface area contributed by atoms with Gasteiger partial charge in [0.2, 0.25) is 0 Å². The molecule has 0 atom stereocenters. The Labute approximate surface area is 82.5 Å². The Balaban J connectivity index is 0.000000671. The summed E-state index contributed by atoms with van der Waals surface area (Å²) < 4.78 is 0. The van der Waals surface area contributed by atoms with Gasteiger partial charge in [0.15, 0.2) is 0 Å². The first-order valence-electron chi connectivity index (χ1n) is 5.37. The molecule has 0 aromatic heterocycles. The molecule has 0 unspecified atom stereocenters. The van der Waals surface area contributed by atoms with Crippen LogP contribution in [0.3, 0.4) is 0 Å². The third-order valence-corrected chi connectivity index (χ3v) is 2.44. The zero-order chi connectivity index (χ0) is 10.3. The molecular formula is C11H22N2. The molecule has 0 saturated carbocycles. The average molecular weight is 182 g/mol. The lowest BCUT2D eigenvalue weighted by Gasteiger charge is -2.32. The van der Waals surface area contributed by atoms with Crippen molar-refractivity contribution in [3.8, 4) is 6.07 Å². The van der Waals surface area contributed by atoms with Gasteiger partial charge in [0.05, 0.1) is 6.07 Å². The van der Waals surface area contributed by atoms with Crippen LogP contribution in [-0.4, -0.2) is 24.0 Å². The Morgan fingerprint density at radius 3 is 2.00 bits per heavy atom. The van der Waals surface area contributed by atoms with Gasteiger partial charge < -0.3 is 4.90 Å². The van der Waals surface area contributed by atoms with Crippen molar-refractivity contribution >= 4 is 0 Å². The fourth-order valence-corrected chi connectivity index (χ4v) is 1.54. The van der Waals surface area contributed by atoms with Crippen LogP contribution in [0.5, 0.6) is 0 Å². The van der Waals surface area contributed by atoms with Crippen LogP contribution in [-0.2, 0) is 0 Å². The van der Waals surface area contributed by atoms with Gasteiger partial charge in [-0.3, -0.25) is 0 Å². The van der Waals surface area contributed by atoms with Gasteiger partial charge in [0.1, 0.15) is 0 Å². The first-order chi connectivity index (χ1) is 6.24. The van der Waals surface area contributed by atoms with Crippen molar-refractivity contribution in [3.63, 3.8) is 0 Å². The van der Waals surface area contributed by atoms with Crippen molar-refractivity contribution < 1.29 is 0 Å². The smallest absolute Gasteiger partial charge is 0.0656 e. The van der Waals surface area contributed by atoms with Gasteiger partial charge >= 0.3 is 0 Å². The van der Waals surface area contributed by atoms with Crippen molar-refractivity contribution in [3.05, 3.63) is 0 Å². The summed E-state index contributed by atoms with van der Waals surface area (Å²) in [6.45, 7) is 10.6. The SMILES string of the molecule is CC.CC(C)N1CCC(C#N)CC1. The van der Waals surface area contributed by atoms with Gasteiger partial charge in [-0.05, 0) is 39.8 Å². The van der Waals surface area contributed by atoms with Crippen LogP contribution in [0.25, 0.3) is 0 Å². The second-order valence-corrected chi connectivity index (χ2v) is 3.53. The molecule has 0 aromatic carbocycles. The van der Waals surface area contributed by atoms with Crippen molar-refractivity contribution in [2.24, 2.45) is 5.92 Å². The van der Waals surface area contributed by atoms with Gasteiger partial charge in [-0.25, -0.2) is 0 Å². The first-order valence-corrected chi connectivity index (χ1v) is 5.37. The number of nitrogens with zero attached hydrogens (tertiary/aromatic N) is 2. The van der Waals surface area contributed by atoms with Crippen LogP contribution >= 0.6 is 0 Å². The van der Waals surface area contributed by atoms with E-state index in [9.17, 15) is 0 Å². The Morgan fingerprint density at radius 1 is 1.23 bits per heavy atom. The molecule has 1 aliphatic rings. The van der Waals surface area contributed by atoms with Gasteiger partial charge in [0, 0.05) is 12.0 Å². The Kier molecular flexibility index (Phi) is 6.62. The molecule has 76 valence electrons. The van der Waals surface area contributed by atoms with Crippen LogP contribution in [0.15, 0.2) is 0 Å². The summed E-state index contributed by atoms with van der Waals surface area (Å²) in [5.74, 6) is 0.324. The molecule has 0 radical (unpaired) electrons. The number of nitriles is 1. The molecule has 0 amide bonds. The maximum Gasteiger partial charge on any atom is 0.0656 e. The minimum atomic E-state index is 0.324. The Hall–Kier alpha value is -0.550. The summed E-state index contributed by atoms with van der Waals surface area (Å²) in [6.07, 6.45) is 2.13. The predicted molar refractivity (Wildman–Crippen MR) is 56.4 cm³/mol. The molecule has 1 fully saturated rings. The van der Waals surface area contributed by atoms with Crippen molar-refractivity contribution in [2.45, 2.75) is 46.6 Å². The van der Waals surface area contributed by atoms with Crippen molar-refractivity contribution in [1.82, 2.24) is 4.90 Å². The average Bonchev–Trinajstić information content (AvgIpc) is 2.21. The van der Waals surface area contributed by atoms with E-state index in [0.29, 0.717) is 12.0 Å². The standard InChI is InChI=1S/C9H16N2.C2H6/c1-8(2)11-5-3-9(7-10)4-6-11;1-2/h8-9H,3-6H2,1-2H3;1-2H3. The summed E-state index contributed by atoms with van der Waals surface area (Å²) >= 11 is 0. The van der Waals surface area contributed by atoms with E-state index in [2.05, 4.69) is 24.8 Å². The molecular weight excluding hydrogens is 160 g/mol. The zero-order valence-corrected chi connectivity index (χ0v) is 9.38. The maximum absolute atomic E-state index is 8.65. The summed E-state index contributed by atoms with van der Waals surface area (Å²) in [5, 5.41) is 8.65. The first kappa shape index (κ1) is 12.4. The number of hydrogen-bond acceptors (Lipinski definition) is 2. The zero-order valence-electron chi connectivity index (χ0n) is 9.38. The molecule has 0 aliphatic carbocycles. The molecule has 2 heteroatoms. The van der Waals surface area contributed by atoms with E-state index >= 15 is 0 Å². The van der Waals surface area contributed by atoms with Gasteiger partial charge in [-0.1, -0.05) is 13.8 Å². The van der Waals surface area contributed by atoms with E-state index in [-0.39, 0.29) is 0 Å². The number of likely N-dealkylation sites (tertiary alicyclic amines) is 1. The lowest BCUT2D eigenvalue weighted by molar-refractivity contribution is 0.166. The molecule has 1 aliphatic heterocycles. The second-order valence-electron chi connectivity index (χ2n) is 3.53. The molecule has 0 aromatic rings. The summed E-state index contributed by atoms with van der Waals surface area (Å²) in [6, 6.07) is 2.98. The normalized spacial score (nSPS) is 19.1. The lowest BCUT2D eigenvalue weighted by Crippen LogP contribution is -2.38. The third-order valence-electron chi connectivity index (χ3n) is 2.44. The molecule has 1 rings (SSSR count). The minimum Gasteiger partial charge on any atom is -0.301 e. The quantitative estimate of drug-likeness (QED) is 0.623. The second kappa shape index (κ2) is 6.91. The highest BCUT2D eigenvalue weighted by Crippen LogP contribution is 2.17. The van der Waals surface area contributed by atoms with Crippen LogP contribution in [0.4, 0.5) is 0 Å². The minimum absolute atomic E-state index is 0.324. The van der Waals surface area contributed by atoms with Crippen LogP contribution in [0.2, 0.25) is 0 Å². The van der Waals surface area contributed by atoms with Crippen molar-refractivity contribution in [1.29, 1.82) is 5.26 Å². The van der Waals surface area contributed by atoms with E-state index in [1.165, 1.54) is 0 Å². The predicted octanol–water partition coefficient (Wildman–Crippen LogP) is 2.66. The Bertz CT molecular complexity index is 150. The van der Waals surface area contributed by atoms with E-state index in [4.69, 9.17) is 5.26 Å². The van der Waals surface area contributed by atoms with Gasteiger partial charge in [-0.15, -0.1) is 0 Å². The molecule has 0 N–H and O–H groups in total. The molecule has 0 spiro atoms. The van der Waals surface area contributed by atoms with Crippen LogP contribution < -0.4 is 0 Å². The van der Waals surface area contributed by atoms with Gasteiger partial charge in [-0.2, -0.15) is 5.26 Å². The molecule has 0 bridgehead atoms. The fourth-order valence-electron chi connectivity index (χ4n) is 1.54. The lowest BCUT2D eigenvalue weighted by atomic mass is 9.98. The summed E-state index contributed by atoms with van der Waals surface area (Å²) in [7, 11) is 0. The highest BCUT2D eigenvalue weighted by molar-refractivity contribution is 4.87. The number of rotatable bonds is 1. The molecule has 1 heterocycles. The third kappa shape index (κ3) is 4.28. The monoisotopic (exact) mass is 182 g/mol. The summed E-state index contributed by atoms with van der Waals surface area (Å²) in [5.41, 5.74) is 0. The van der Waals surface area contributed by atoms with E-state index in [1.807, 2.05) is 13.8 Å². The highest BCUT2D eigenvalue weighted by Gasteiger charge is 2.19. The van der Waals surface area contributed by atoms with Crippen molar-refractivity contribution in [2.75, 3.05) is 13.1 Å². The van der Waals surface area contributed by atoms with E-state index in [1.54, 1.807) is 0 Å².